The lowest BCUT2D eigenvalue weighted by Gasteiger charge is -2.28. The highest BCUT2D eigenvalue weighted by Gasteiger charge is 2.13. The Labute approximate surface area is 149 Å². The fourth-order valence-corrected chi connectivity index (χ4v) is 2.99. The lowest BCUT2D eigenvalue weighted by Crippen LogP contribution is -2.43. The monoisotopic (exact) mass is 422 g/mol. The van der Waals surface area contributed by atoms with Crippen molar-refractivity contribution in [3.63, 3.8) is 0 Å². The summed E-state index contributed by atoms with van der Waals surface area (Å²) in [7, 11) is 0. The van der Waals surface area contributed by atoms with Crippen LogP contribution in [-0.2, 0) is 0 Å². The number of hydrogen-bond acceptors (Lipinski definition) is 4. The highest BCUT2D eigenvalue weighted by Crippen LogP contribution is 2.18. The van der Waals surface area contributed by atoms with Crippen molar-refractivity contribution < 1.29 is 4.79 Å². The fourth-order valence-electron chi connectivity index (χ4n) is 2.48. The molecule has 5 nitrogen and oxygen atoms in total. The molecule has 120 valence electrons. The number of pyridine rings is 1. The minimum atomic E-state index is -0.135. The molecule has 0 saturated carbocycles. The summed E-state index contributed by atoms with van der Waals surface area (Å²) in [5.41, 5.74) is 2.57. The number of hydrogen-bond donors (Lipinski definition) is 2. The van der Waals surface area contributed by atoms with Crippen LogP contribution in [0.1, 0.15) is 15.9 Å². The van der Waals surface area contributed by atoms with Gasteiger partial charge in [0, 0.05) is 41.6 Å². The molecule has 1 aromatic carbocycles. The first-order chi connectivity index (χ1) is 11.1. The minimum Gasteiger partial charge on any atom is -0.354 e. The molecule has 1 aliphatic heterocycles. The number of carbonyl (C=O) groups excluding carboxylic acids is 1. The van der Waals surface area contributed by atoms with Crippen molar-refractivity contribution in [2.24, 2.45) is 0 Å². The Morgan fingerprint density at radius 3 is 2.70 bits per heavy atom. The van der Waals surface area contributed by atoms with E-state index < -0.39 is 0 Å². The van der Waals surface area contributed by atoms with Crippen molar-refractivity contribution in [3.05, 3.63) is 51.2 Å². The average molecular weight is 422 g/mol. The Bertz CT molecular complexity index is 696. The maximum Gasteiger partial charge on any atom is 0.257 e. The Hall–Kier alpha value is -1.67. The van der Waals surface area contributed by atoms with Crippen LogP contribution in [0.5, 0.6) is 0 Å². The lowest BCUT2D eigenvalue weighted by atomic mass is 10.2. The fraction of sp³-hybridized carbons (Fsp3) is 0.294. The Morgan fingerprint density at radius 2 is 2.04 bits per heavy atom. The normalized spacial score (nSPS) is 14.6. The molecule has 0 bridgehead atoms. The van der Waals surface area contributed by atoms with Crippen LogP contribution in [0.3, 0.4) is 0 Å². The summed E-state index contributed by atoms with van der Waals surface area (Å²) >= 11 is 2.27. The van der Waals surface area contributed by atoms with Gasteiger partial charge >= 0.3 is 0 Å². The molecule has 0 unspecified atom stereocenters. The second-order valence-corrected chi connectivity index (χ2v) is 6.72. The van der Waals surface area contributed by atoms with Gasteiger partial charge in [0.15, 0.2) is 0 Å². The van der Waals surface area contributed by atoms with E-state index in [1.54, 1.807) is 6.20 Å². The van der Waals surface area contributed by atoms with Gasteiger partial charge in [-0.3, -0.25) is 4.79 Å². The van der Waals surface area contributed by atoms with E-state index in [2.05, 4.69) is 43.1 Å². The number of anilines is 2. The summed E-state index contributed by atoms with van der Waals surface area (Å²) in [5, 5.41) is 6.23. The van der Waals surface area contributed by atoms with Crippen LogP contribution in [0.4, 0.5) is 11.5 Å². The average Bonchev–Trinajstić information content (AvgIpc) is 2.59. The van der Waals surface area contributed by atoms with Crippen LogP contribution in [0.25, 0.3) is 0 Å². The van der Waals surface area contributed by atoms with Crippen LogP contribution >= 0.6 is 22.6 Å². The molecule has 1 saturated heterocycles. The molecule has 0 radical (unpaired) electrons. The van der Waals surface area contributed by atoms with Gasteiger partial charge in [-0.05, 0) is 59.3 Å². The topological polar surface area (TPSA) is 57.3 Å². The number of nitrogens with one attached hydrogen (secondary N) is 2. The van der Waals surface area contributed by atoms with E-state index in [1.807, 2.05) is 37.3 Å². The summed E-state index contributed by atoms with van der Waals surface area (Å²) in [4.78, 5) is 19.0. The third-order valence-electron chi connectivity index (χ3n) is 3.88. The van der Waals surface area contributed by atoms with E-state index in [9.17, 15) is 4.79 Å². The largest absolute Gasteiger partial charge is 0.354 e. The zero-order chi connectivity index (χ0) is 16.2. The van der Waals surface area contributed by atoms with Crippen molar-refractivity contribution in [1.82, 2.24) is 10.3 Å². The molecule has 0 atom stereocenters. The first-order valence-electron chi connectivity index (χ1n) is 7.63. The van der Waals surface area contributed by atoms with Gasteiger partial charge in [-0.15, -0.1) is 0 Å². The molecule has 3 rings (SSSR count). The van der Waals surface area contributed by atoms with E-state index in [4.69, 9.17) is 0 Å². The Balaban J connectivity index is 1.68. The number of benzene rings is 1. The van der Waals surface area contributed by atoms with Crippen LogP contribution in [0, 0.1) is 10.5 Å². The van der Waals surface area contributed by atoms with E-state index in [0.717, 1.165) is 41.3 Å². The molecule has 1 aliphatic rings. The maximum absolute atomic E-state index is 12.3. The van der Waals surface area contributed by atoms with Gasteiger partial charge in [0.25, 0.3) is 5.91 Å². The van der Waals surface area contributed by atoms with Gasteiger partial charge in [0.05, 0.1) is 5.56 Å². The van der Waals surface area contributed by atoms with E-state index in [-0.39, 0.29) is 5.91 Å². The van der Waals surface area contributed by atoms with E-state index in [1.165, 1.54) is 5.56 Å². The lowest BCUT2D eigenvalue weighted by molar-refractivity contribution is 0.102. The molecule has 1 fully saturated rings. The number of aryl methyl sites for hydroxylation is 1. The standard InChI is InChI=1S/C17H19IN4O/c1-12-2-4-14(10-15(12)18)21-17(23)13-3-5-16(20-11-13)22-8-6-19-7-9-22/h2-5,10-11,19H,6-9H2,1H3,(H,21,23). The van der Waals surface area contributed by atoms with Gasteiger partial charge in [-0.2, -0.15) is 0 Å². The number of carbonyl (C=O) groups is 1. The van der Waals surface area contributed by atoms with Gasteiger partial charge in [-0.25, -0.2) is 4.98 Å². The Kier molecular flexibility index (Phi) is 5.12. The molecule has 2 heterocycles. The molecule has 0 aliphatic carbocycles. The first-order valence-corrected chi connectivity index (χ1v) is 8.70. The molecular weight excluding hydrogens is 403 g/mol. The maximum atomic E-state index is 12.3. The zero-order valence-corrected chi connectivity index (χ0v) is 15.1. The third-order valence-corrected chi connectivity index (χ3v) is 5.04. The number of amides is 1. The SMILES string of the molecule is Cc1ccc(NC(=O)c2ccc(N3CCNCC3)nc2)cc1I. The molecule has 23 heavy (non-hydrogen) atoms. The summed E-state index contributed by atoms with van der Waals surface area (Å²) in [6.45, 7) is 5.87. The molecule has 1 aromatic heterocycles. The second kappa shape index (κ2) is 7.27. The number of nitrogens with zero attached hydrogens (tertiary/aromatic N) is 2. The summed E-state index contributed by atoms with van der Waals surface area (Å²) < 4.78 is 1.13. The van der Waals surface area contributed by atoms with Crippen LogP contribution in [-0.4, -0.2) is 37.1 Å². The Morgan fingerprint density at radius 1 is 1.26 bits per heavy atom. The van der Waals surface area contributed by atoms with Crippen molar-refractivity contribution in [2.75, 3.05) is 36.4 Å². The van der Waals surface area contributed by atoms with Crippen molar-refractivity contribution >= 4 is 40.0 Å². The highest BCUT2D eigenvalue weighted by atomic mass is 127. The quantitative estimate of drug-likeness (QED) is 0.748. The predicted octanol–water partition coefficient (Wildman–Crippen LogP) is 2.66. The van der Waals surface area contributed by atoms with Crippen molar-refractivity contribution in [2.45, 2.75) is 6.92 Å². The van der Waals surface area contributed by atoms with Crippen LogP contribution in [0.15, 0.2) is 36.5 Å². The molecule has 6 heteroatoms. The predicted molar refractivity (Wildman–Crippen MR) is 101 cm³/mol. The number of rotatable bonds is 3. The third kappa shape index (κ3) is 4.00. The van der Waals surface area contributed by atoms with Gasteiger partial charge in [0.2, 0.25) is 0 Å². The molecule has 2 aromatic rings. The molecular formula is C17H19IN4O. The second-order valence-electron chi connectivity index (χ2n) is 5.56. The molecule has 0 spiro atoms. The van der Waals surface area contributed by atoms with E-state index in [0.29, 0.717) is 5.56 Å². The van der Waals surface area contributed by atoms with Crippen molar-refractivity contribution in [1.29, 1.82) is 0 Å². The summed E-state index contributed by atoms with van der Waals surface area (Å²) in [5.74, 6) is 0.789. The summed E-state index contributed by atoms with van der Waals surface area (Å²) in [6.07, 6.45) is 1.64. The molecule has 2 N–H and O–H groups in total. The number of halogens is 1. The summed E-state index contributed by atoms with van der Waals surface area (Å²) in [6, 6.07) is 9.63. The van der Waals surface area contributed by atoms with Crippen molar-refractivity contribution in [3.8, 4) is 0 Å². The number of aromatic nitrogens is 1. The number of piperazine rings is 1. The smallest absolute Gasteiger partial charge is 0.257 e. The minimum absolute atomic E-state index is 0.135. The van der Waals surface area contributed by atoms with Gasteiger partial charge in [0.1, 0.15) is 5.82 Å². The first kappa shape index (κ1) is 16.2. The van der Waals surface area contributed by atoms with Crippen LogP contribution < -0.4 is 15.5 Å². The highest BCUT2D eigenvalue weighted by molar-refractivity contribution is 14.1. The van der Waals surface area contributed by atoms with Gasteiger partial charge in [-0.1, -0.05) is 6.07 Å². The zero-order valence-electron chi connectivity index (χ0n) is 13.0. The van der Waals surface area contributed by atoms with Gasteiger partial charge < -0.3 is 15.5 Å². The van der Waals surface area contributed by atoms with Crippen LogP contribution in [0.2, 0.25) is 0 Å². The molecule has 1 amide bonds. The van der Waals surface area contributed by atoms with E-state index >= 15 is 0 Å².